The van der Waals surface area contributed by atoms with E-state index >= 15 is 0 Å². The highest BCUT2D eigenvalue weighted by Crippen LogP contribution is 2.20. The smallest absolute Gasteiger partial charge is 0.0701 e. The number of allylic oxidation sites excluding steroid dienone is 3. The highest BCUT2D eigenvalue weighted by atomic mass is 35.5. The van der Waals surface area contributed by atoms with E-state index in [9.17, 15) is 0 Å². The number of rotatable bonds is 0. The van der Waals surface area contributed by atoms with Crippen molar-refractivity contribution < 1.29 is 0 Å². The molecule has 0 radical (unpaired) electrons. The number of benzene rings is 1. The second kappa shape index (κ2) is 4.63. The van der Waals surface area contributed by atoms with Crippen molar-refractivity contribution in [1.29, 1.82) is 0 Å². The zero-order valence-electron chi connectivity index (χ0n) is 7.05. The van der Waals surface area contributed by atoms with Gasteiger partial charge in [0, 0.05) is 11.8 Å². The summed E-state index contributed by atoms with van der Waals surface area (Å²) in [6.07, 6.45) is 9.78. The van der Waals surface area contributed by atoms with Gasteiger partial charge in [0.25, 0.3) is 0 Å². The van der Waals surface area contributed by atoms with Crippen LogP contribution in [0.4, 0.5) is 5.69 Å². The molecule has 2 rings (SSSR count). The maximum absolute atomic E-state index is 4.28. The van der Waals surface area contributed by atoms with Gasteiger partial charge in [-0.25, -0.2) is 0 Å². The summed E-state index contributed by atoms with van der Waals surface area (Å²) in [6, 6.07) is 8.08. The van der Waals surface area contributed by atoms with Gasteiger partial charge in [-0.2, -0.15) is 0 Å². The molecule has 0 atom stereocenters. The Hall–Kier alpha value is -1.34. The molecule has 1 aliphatic heterocycles. The van der Waals surface area contributed by atoms with Crippen LogP contribution in [-0.2, 0) is 0 Å². The van der Waals surface area contributed by atoms with Crippen molar-refractivity contribution in [2.45, 2.75) is 0 Å². The monoisotopic (exact) mass is 191 g/mol. The molecule has 0 saturated carbocycles. The van der Waals surface area contributed by atoms with Gasteiger partial charge in [-0.3, -0.25) is 4.99 Å². The maximum atomic E-state index is 4.28. The lowest BCUT2D eigenvalue weighted by Crippen LogP contribution is -1.76. The molecular weight excluding hydrogens is 182 g/mol. The standard InChI is InChI=1S/C11H9N.ClH/c1-2-6-10-7-3-4-8-11(10)12-9-5-1;/h1-9H;1H/b2-1?,5-1-,6-2-,9-5?,10-6?,12-9?,12-11?;. The number of fused-ring (bicyclic) bond motifs is 1. The number of para-hydroxylation sites is 1. The summed E-state index contributed by atoms with van der Waals surface area (Å²) in [5.74, 6) is 0. The van der Waals surface area contributed by atoms with Crippen LogP contribution < -0.4 is 0 Å². The van der Waals surface area contributed by atoms with E-state index in [1.807, 2.05) is 42.6 Å². The van der Waals surface area contributed by atoms with Crippen molar-refractivity contribution >= 4 is 30.4 Å². The number of nitrogens with zero attached hydrogens (tertiary/aromatic N) is 1. The van der Waals surface area contributed by atoms with Crippen LogP contribution in [0.3, 0.4) is 0 Å². The van der Waals surface area contributed by atoms with Crippen LogP contribution in [0.5, 0.6) is 0 Å². The Morgan fingerprint density at radius 3 is 2.69 bits per heavy atom. The summed E-state index contributed by atoms with van der Waals surface area (Å²) in [7, 11) is 0. The third-order valence-corrected chi connectivity index (χ3v) is 1.73. The number of aliphatic imine (C=N–C) groups is 1. The third-order valence-electron chi connectivity index (χ3n) is 1.73. The van der Waals surface area contributed by atoms with Gasteiger partial charge >= 0.3 is 0 Å². The molecule has 2 heteroatoms. The first-order valence-electron chi connectivity index (χ1n) is 3.93. The summed E-state index contributed by atoms with van der Waals surface area (Å²) in [5, 5.41) is 0. The highest BCUT2D eigenvalue weighted by Gasteiger charge is 1.94. The molecule has 1 nitrogen and oxygen atoms in total. The SMILES string of the molecule is C1=Nc2ccccc2/C=C\C=C/1.Cl. The van der Waals surface area contributed by atoms with Crippen LogP contribution >= 0.6 is 12.4 Å². The van der Waals surface area contributed by atoms with Crippen LogP contribution in [0.1, 0.15) is 5.56 Å². The largest absolute Gasteiger partial charge is 0.256 e. The highest BCUT2D eigenvalue weighted by molar-refractivity contribution is 5.85. The fourth-order valence-electron chi connectivity index (χ4n) is 1.14. The van der Waals surface area contributed by atoms with E-state index in [1.165, 1.54) is 0 Å². The molecular formula is C11H10ClN. The number of hydrogen-bond donors (Lipinski definition) is 0. The molecule has 0 aliphatic carbocycles. The Bertz CT molecular complexity index is 329. The molecule has 0 N–H and O–H groups in total. The van der Waals surface area contributed by atoms with E-state index in [0.29, 0.717) is 0 Å². The van der Waals surface area contributed by atoms with E-state index in [-0.39, 0.29) is 12.4 Å². The van der Waals surface area contributed by atoms with Gasteiger partial charge in [0.05, 0.1) is 5.69 Å². The lowest BCUT2D eigenvalue weighted by molar-refractivity contribution is 1.51. The van der Waals surface area contributed by atoms with Gasteiger partial charge in [0.1, 0.15) is 0 Å². The van der Waals surface area contributed by atoms with Gasteiger partial charge < -0.3 is 0 Å². The summed E-state index contributed by atoms with van der Waals surface area (Å²) < 4.78 is 0. The molecule has 66 valence electrons. The summed E-state index contributed by atoms with van der Waals surface area (Å²) in [5.41, 5.74) is 2.19. The normalized spacial score (nSPS) is 17.5. The average molecular weight is 192 g/mol. The van der Waals surface area contributed by atoms with Crippen molar-refractivity contribution in [2.24, 2.45) is 4.99 Å². The first-order chi connectivity index (χ1) is 5.97. The fraction of sp³-hybridized carbons (Fsp3) is 0. The first kappa shape index (κ1) is 9.75. The van der Waals surface area contributed by atoms with Crippen LogP contribution in [-0.4, -0.2) is 6.21 Å². The zero-order chi connectivity index (χ0) is 8.23. The Morgan fingerprint density at radius 1 is 0.923 bits per heavy atom. The van der Waals surface area contributed by atoms with Gasteiger partial charge in [-0.1, -0.05) is 36.4 Å². The second-order valence-corrected chi connectivity index (χ2v) is 2.58. The number of halogens is 1. The minimum absolute atomic E-state index is 0. The van der Waals surface area contributed by atoms with Crippen molar-refractivity contribution in [3.63, 3.8) is 0 Å². The quantitative estimate of drug-likeness (QED) is 0.596. The summed E-state index contributed by atoms with van der Waals surface area (Å²) in [4.78, 5) is 4.28. The topological polar surface area (TPSA) is 12.4 Å². The Morgan fingerprint density at radius 2 is 1.77 bits per heavy atom. The van der Waals surface area contributed by atoms with Crippen molar-refractivity contribution in [2.75, 3.05) is 0 Å². The predicted molar refractivity (Wildman–Crippen MR) is 60.0 cm³/mol. The van der Waals surface area contributed by atoms with E-state index in [1.54, 1.807) is 0 Å². The Kier molecular flexibility index (Phi) is 3.47. The Labute approximate surface area is 83.9 Å². The van der Waals surface area contributed by atoms with Crippen molar-refractivity contribution in [1.82, 2.24) is 0 Å². The van der Waals surface area contributed by atoms with Crippen LogP contribution in [0.2, 0.25) is 0 Å². The van der Waals surface area contributed by atoms with E-state index in [4.69, 9.17) is 0 Å². The van der Waals surface area contributed by atoms with Gasteiger partial charge in [0.15, 0.2) is 0 Å². The minimum atomic E-state index is 0. The molecule has 0 saturated heterocycles. The molecule has 1 heterocycles. The zero-order valence-corrected chi connectivity index (χ0v) is 7.87. The van der Waals surface area contributed by atoms with Crippen LogP contribution in [0, 0.1) is 0 Å². The second-order valence-electron chi connectivity index (χ2n) is 2.58. The molecule has 0 unspecified atom stereocenters. The lowest BCUT2D eigenvalue weighted by Gasteiger charge is -1.99. The third kappa shape index (κ3) is 2.30. The number of hydrogen-bond acceptors (Lipinski definition) is 1. The van der Waals surface area contributed by atoms with Gasteiger partial charge in [-0.05, 0) is 12.1 Å². The van der Waals surface area contributed by atoms with E-state index in [2.05, 4.69) is 17.1 Å². The van der Waals surface area contributed by atoms with E-state index < -0.39 is 0 Å². The fourth-order valence-corrected chi connectivity index (χ4v) is 1.14. The average Bonchev–Trinajstić information content (AvgIpc) is 2.06. The molecule has 1 aromatic rings. The van der Waals surface area contributed by atoms with Crippen molar-refractivity contribution in [3.8, 4) is 0 Å². The summed E-state index contributed by atoms with van der Waals surface area (Å²) >= 11 is 0. The molecule has 1 aromatic carbocycles. The van der Waals surface area contributed by atoms with Crippen molar-refractivity contribution in [3.05, 3.63) is 48.1 Å². The molecule has 13 heavy (non-hydrogen) atoms. The maximum Gasteiger partial charge on any atom is 0.0701 e. The Balaban J connectivity index is 0.000000845. The van der Waals surface area contributed by atoms with Gasteiger partial charge in [0.2, 0.25) is 0 Å². The molecule has 0 amide bonds. The molecule has 1 aliphatic rings. The predicted octanol–water partition coefficient (Wildman–Crippen LogP) is 3.39. The first-order valence-corrected chi connectivity index (χ1v) is 3.93. The van der Waals surface area contributed by atoms with E-state index in [0.717, 1.165) is 11.3 Å². The molecule has 0 aromatic heterocycles. The molecule has 0 bridgehead atoms. The summed E-state index contributed by atoms with van der Waals surface area (Å²) in [6.45, 7) is 0. The molecule has 0 fully saturated rings. The van der Waals surface area contributed by atoms with Crippen LogP contribution in [0.15, 0.2) is 47.5 Å². The lowest BCUT2D eigenvalue weighted by atomic mass is 10.1. The minimum Gasteiger partial charge on any atom is -0.256 e. The van der Waals surface area contributed by atoms with Crippen LogP contribution in [0.25, 0.3) is 6.08 Å². The van der Waals surface area contributed by atoms with Gasteiger partial charge in [-0.15, -0.1) is 12.4 Å². The molecule has 0 spiro atoms.